The molecule has 0 N–H and O–H groups in total. The van der Waals surface area contributed by atoms with E-state index in [4.69, 9.17) is 13.9 Å². The number of esters is 1. The predicted octanol–water partition coefficient (Wildman–Crippen LogP) is 6.39. The Morgan fingerprint density at radius 2 is 1.59 bits per heavy atom. The topological polar surface area (TPSA) is 44.8 Å². The molecule has 150 valence electrons. The number of carbonyl (C=O) groups is 1. The minimum Gasteiger partial charge on any atom is -0.538 e. The number of halogens is 1. The van der Waals surface area contributed by atoms with E-state index in [-0.39, 0.29) is 5.75 Å². The number of hydrogen-bond donors (Lipinski definition) is 0. The molecule has 0 aliphatic carbocycles. The third kappa shape index (κ3) is 3.71. The second-order valence-corrected chi connectivity index (χ2v) is 14.1. The molecule has 27 heavy (non-hydrogen) atoms. The van der Waals surface area contributed by atoms with Crippen LogP contribution in [0.4, 0.5) is 4.39 Å². The average Bonchev–Trinajstić information content (AvgIpc) is 3.03. The predicted molar refractivity (Wildman–Crippen MR) is 111 cm³/mol. The third-order valence-corrected chi connectivity index (χ3v) is 12.3. The first kappa shape index (κ1) is 21.7. The summed E-state index contributed by atoms with van der Waals surface area (Å²) in [6.45, 7) is 12.9. The minimum absolute atomic E-state index is 0.155. The van der Waals surface area contributed by atoms with Crippen LogP contribution >= 0.6 is 11.3 Å². The second-order valence-electron chi connectivity index (χ2n) is 7.66. The Balaban J connectivity index is 2.69. The lowest BCUT2D eigenvalue weighted by Crippen LogP contribution is -2.51. The van der Waals surface area contributed by atoms with Crippen LogP contribution in [-0.2, 0) is 4.74 Å². The highest BCUT2D eigenvalue weighted by atomic mass is 32.1. The maximum absolute atomic E-state index is 15.5. The van der Waals surface area contributed by atoms with Gasteiger partial charge < -0.3 is 13.9 Å². The summed E-state index contributed by atoms with van der Waals surface area (Å²) in [4.78, 5) is 12.2. The van der Waals surface area contributed by atoms with E-state index in [9.17, 15) is 4.79 Å². The summed E-state index contributed by atoms with van der Waals surface area (Å²) in [5.74, 6) is -0.444. The van der Waals surface area contributed by atoms with Gasteiger partial charge in [0.05, 0.1) is 14.2 Å². The van der Waals surface area contributed by atoms with Gasteiger partial charge in [-0.25, -0.2) is 9.18 Å². The van der Waals surface area contributed by atoms with Crippen LogP contribution in [0.15, 0.2) is 12.1 Å². The van der Waals surface area contributed by atoms with E-state index in [1.807, 2.05) is 0 Å². The summed E-state index contributed by atoms with van der Waals surface area (Å²) in [6.07, 6.45) is 0. The minimum atomic E-state index is -2.36. The van der Waals surface area contributed by atoms with E-state index >= 15 is 4.39 Å². The number of fused-ring (bicyclic) bond motifs is 1. The smallest absolute Gasteiger partial charge is 0.348 e. The van der Waals surface area contributed by atoms with Crippen molar-refractivity contribution in [2.75, 3.05) is 14.2 Å². The number of thiophene rings is 1. The molecular formula is C20H29FO4SSi. The number of methoxy groups -OCH3 is 2. The Hall–Kier alpha value is -1.60. The molecule has 0 aliphatic rings. The fourth-order valence-electron chi connectivity index (χ4n) is 4.08. The number of hydrogen-bond acceptors (Lipinski definition) is 5. The monoisotopic (exact) mass is 412 g/mol. The van der Waals surface area contributed by atoms with E-state index in [0.717, 1.165) is 0 Å². The standard InChI is InChI=1S/C20H29FO4SSi/c1-11(2)27(12(3)4,13(5)6)25-19-15(23-7)10-16-14(18(19)21)9-17(26-16)20(22)24-8/h9-13H,1-8H3. The fourth-order valence-corrected chi connectivity index (χ4v) is 10.3. The highest BCUT2D eigenvalue weighted by Crippen LogP contribution is 2.47. The maximum atomic E-state index is 15.5. The van der Waals surface area contributed by atoms with Crippen molar-refractivity contribution in [1.82, 2.24) is 0 Å². The lowest BCUT2D eigenvalue weighted by molar-refractivity contribution is 0.0606. The summed E-state index contributed by atoms with van der Waals surface area (Å²) in [5, 5.41) is 0.357. The van der Waals surface area contributed by atoms with Crippen molar-refractivity contribution in [2.24, 2.45) is 0 Å². The molecule has 2 aromatic rings. The highest BCUT2D eigenvalue weighted by molar-refractivity contribution is 7.20. The first-order valence-corrected chi connectivity index (χ1v) is 12.1. The third-order valence-electron chi connectivity index (χ3n) is 5.28. The molecule has 1 aromatic carbocycles. The summed E-state index contributed by atoms with van der Waals surface area (Å²) in [7, 11) is 0.452. The van der Waals surface area contributed by atoms with Gasteiger partial charge in [-0.2, -0.15) is 0 Å². The van der Waals surface area contributed by atoms with Crippen molar-refractivity contribution in [3.63, 3.8) is 0 Å². The van der Waals surface area contributed by atoms with Gasteiger partial charge >= 0.3 is 5.97 Å². The van der Waals surface area contributed by atoms with Crippen LogP contribution in [-0.4, -0.2) is 28.5 Å². The second kappa shape index (κ2) is 8.18. The first-order valence-electron chi connectivity index (χ1n) is 9.17. The Morgan fingerprint density at radius 1 is 1.04 bits per heavy atom. The van der Waals surface area contributed by atoms with Crippen LogP contribution in [0.2, 0.25) is 16.6 Å². The van der Waals surface area contributed by atoms with Crippen molar-refractivity contribution >= 4 is 35.7 Å². The van der Waals surface area contributed by atoms with Crippen molar-refractivity contribution < 1.29 is 23.1 Å². The van der Waals surface area contributed by atoms with Gasteiger partial charge in [-0.05, 0) is 22.7 Å². The molecule has 4 nitrogen and oxygen atoms in total. The van der Waals surface area contributed by atoms with Crippen molar-refractivity contribution in [3.05, 3.63) is 22.8 Å². The van der Waals surface area contributed by atoms with Gasteiger partial charge in [0.25, 0.3) is 8.32 Å². The zero-order valence-electron chi connectivity index (χ0n) is 17.3. The van der Waals surface area contributed by atoms with E-state index in [2.05, 4.69) is 41.5 Å². The Bertz CT molecular complexity index is 807. The van der Waals surface area contributed by atoms with Crippen LogP contribution < -0.4 is 9.16 Å². The molecule has 1 heterocycles. The fraction of sp³-hybridized carbons (Fsp3) is 0.550. The highest BCUT2D eigenvalue weighted by Gasteiger charge is 2.48. The molecule has 1 aromatic heterocycles. The first-order chi connectivity index (χ1) is 12.6. The van der Waals surface area contributed by atoms with Crippen LogP contribution in [0.25, 0.3) is 10.1 Å². The van der Waals surface area contributed by atoms with Crippen molar-refractivity contribution in [3.8, 4) is 11.5 Å². The van der Waals surface area contributed by atoms with E-state index in [0.29, 0.717) is 37.3 Å². The van der Waals surface area contributed by atoms with Crippen molar-refractivity contribution in [1.29, 1.82) is 0 Å². The van der Waals surface area contributed by atoms with Crippen molar-refractivity contribution in [2.45, 2.75) is 58.2 Å². The maximum Gasteiger partial charge on any atom is 0.348 e. The normalized spacial score (nSPS) is 12.3. The van der Waals surface area contributed by atoms with Gasteiger partial charge in [0.15, 0.2) is 17.3 Å². The zero-order chi connectivity index (χ0) is 20.5. The largest absolute Gasteiger partial charge is 0.538 e. The lowest BCUT2D eigenvalue weighted by atomic mass is 10.2. The Labute approximate surface area is 165 Å². The molecule has 0 spiro atoms. The molecule has 2 rings (SSSR count). The summed E-state index contributed by atoms with van der Waals surface area (Å²) in [5.41, 5.74) is 0.890. The van der Waals surface area contributed by atoms with Gasteiger partial charge in [0, 0.05) is 16.2 Å². The van der Waals surface area contributed by atoms with Crippen LogP contribution in [0.5, 0.6) is 11.5 Å². The van der Waals surface area contributed by atoms with E-state index in [1.165, 1.54) is 31.6 Å². The van der Waals surface area contributed by atoms with E-state index < -0.39 is 20.1 Å². The van der Waals surface area contributed by atoms with Crippen LogP contribution in [0.1, 0.15) is 51.2 Å². The van der Waals surface area contributed by atoms with Crippen LogP contribution in [0, 0.1) is 5.82 Å². The molecule has 0 saturated carbocycles. The number of carbonyl (C=O) groups excluding carboxylic acids is 1. The summed E-state index contributed by atoms with van der Waals surface area (Å²) in [6, 6.07) is 3.27. The lowest BCUT2D eigenvalue weighted by Gasteiger charge is -2.42. The van der Waals surface area contributed by atoms with Gasteiger partial charge in [-0.3, -0.25) is 0 Å². The molecular weight excluding hydrogens is 383 g/mol. The molecule has 0 saturated heterocycles. The van der Waals surface area contributed by atoms with E-state index in [1.54, 1.807) is 6.07 Å². The summed E-state index contributed by atoms with van der Waals surface area (Å²) < 4.78 is 32.9. The summed E-state index contributed by atoms with van der Waals surface area (Å²) >= 11 is 1.18. The van der Waals surface area contributed by atoms with Gasteiger partial charge in [0.2, 0.25) is 0 Å². The number of rotatable bonds is 7. The quantitative estimate of drug-likeness (QED) is 0.390. The molecule has 0 amide bonds. The average molecular weight is 413 g/mol. The van der Waals surface area contributed by atoms with Gasteiger partial charge in [-0.1, -0.05) is 41.5 Å². The van der Waals surface area contributed by atoms with Crippen LogP contribution in [0.3, 0.4) is 0 Å². The molecule has 0 radical (unpaired) electrons. The molecule has 0 atom stereocenters. The Kier molecular flexibility index (Phi) is 6.58. The van der Waals surface area contributed by atoms with Gasteiger partial charge in [0.1, 0.15) is 4.88 Å². The zero-order valence-corrected chi connectivity index (χ0v) is 19.1. The Morgan fingerprint density at radius 3 is 2.04 bits per heavy atom. The molecule has 7 heteroatoms. The molecule has 0 fully saturated rings. The SMILES string of the molecule is COC(=O)c1cc2c(F)c(O[Si](C(C)C)(C(C)C)C(C)C)c(OC)cc2s1. The van der Waals surface area contributed by atoms with Gasteiger partial charge in [-0.15, -0.1) is 11.3 Å². The number of benzene rings is 1. The molecule has 0 unspecified atom stereocenters. The molecule has 0 aliphatic heterocycles. The molecule has 0 bridgehead atoms. The number of ether oxygens (including phenoxy) is 2.